The minimum atomic E-state index is -0.330. The monoisotopic (exact) mass is 398 g/mol. The first kappa shape index (κ1) is 20.4. The van der Waals surface area contributed by atoms with E-state index < -0.39 is 0 Å². The number of carbonyl (C=O) groups is 2. The Morgan fingerprint density at radius 3 is 2.43 bits per heavy atom. The van der Waals surface area contributed by atoms with E-state index in [0.717, 1.165) is 49.0 Å². The molecule has 0 aliphatic carbocycles. The molecular weight excluding hydrogens is 372 g/mol. The van der Waals surface area contributed by atoms with Crippen LogP contribution in [0.3, 0.4) is 0 Å². The fraction of sp³-hybridized carbons (Fsp3) is 0.364. The molecule has 148 valence electrons. The first-order chi connectivity index (χ1) is 13.6. The van der Waals surface area contributed by atoms with E-state index in [1.54, 1.807) is 0 Å². The molecule has 1 aliphatic rings. The third-order valence-electron chi connectivity index (χ3n) is 4.70. The molecule has 6 heteroatoms. The number of carbonyl (C=O) groups excluding carboxylic acids is 2. The van der Waals surface area contributed by atoms with Crippen LogP contribution in [-0.4, -0.2) is 48.0 Å². The second-order valence-electron chi connectivity index (χ2n) is 6.97. The number of rotatable bonds is 10. The van der Waals surface area contributed by atoms with Crippen molar-refractivity contribution in [3.63, 3.8) is 0 Å². The van der Waals surface area contributed by atoms with E-state index in [9.17, 15) is 9.59 Å². The maximum Gasteiger partial charge on any atom is 0.286 e. The van der Waals surface area contributed by atoms with Crippen LogP contribution in [0.4, 0.5) is 4.79 Å². The Labute approximate surface area is 170 Å². The van der Waals surface area contributed by atoms with Gasteiger partial charge in [0.05, 0.1) is 5.25 Å². The molecule has 2 amide bonds. The molecule has 1 unspecified atom stereocenters. The Bertz CT molecular complexity index is 780. The third-order valence-corrected chi connectivity index (χ3v) is 5.68. The van der Waals surface area contributed by atoms with Crippen LogP contribution in [0.2, 0.25) is 0 Å². The van der Waals surface area contributed by atoms with Crippen LogP contribution < -0.4 is 10.1 Å². The highest BCUT2D eigenvalue weighted by Crippen LogP contribution is 2.23. The van der Waals surface area contributed by atoms with Crippen molar-refractivity contribution in [2.75, 3.05) is 26.7 Å². The van der Waals surface area contributed by atoms with Crippen LogP contribution >= 0.6 is 11.8 Å². The van der Waals surface area contributed by atoms with Gasteiger partial charge in [-0.2, -0.15) is 0 Å². The predicted octanol–water partition coefficient (Wildman–Crippen LogP) is 3.52. The average molecular weight is 399 g/mol. The number of benzene rings is 2. The number of imide groups is 1. The molecule has 0 radical (unpaired) electrons. The van der Waals surface area contributed by atoms with Crippen molar-refractivity contribution in [3.05, 3.63) is 65.7 Å². The van der Waals surface area contributed by atoms with Crippen LogP contribution in [0.5, 0.6) is 5.75 Å². The highest BCUT2D eigenvalue weighted by atomic mass is 32.2. The van der Waals surface area contributed by atoms with E-state index in [1.165, 1.54) is 5.56 Å². The van der Waals surface area contributed by atoms with Crippen molar-refractivity contribution in [3.8, 4) is 5.75 Å². The lowest BCUT2D eigenvalue weighted by molar-refractivity contribution is -0.118. The number of hydrogen-bond donors (Lipinski definition) is 1. The molecule has 1 saturated heterocycles. The first-order valence-corrected chi connectivity index (χ1v) is 10.4. The summed E-state index contributed by atoms with van der Waals surface area (Å²) in [6.45, 7) is 2.55. The lowest BCUT2D eigenvalue weighted by Gasteiger charge is -2.17. The summed E-state index contributed by atoms with van der Waals surface area (Å²) in [5.41, 5.74) is 2.40. The first-order valence-electron chi connectivity index (χ1n) is 9.56. The van der Waals surface area contributed by atoms with Gasteiger partial charge in [-0.3, -0.25) is 14.9 Å². The Balaban J connectivity index is 1.33. The zero-order valence-corrected chi connectivity index (χ0v) is 16.9. The van der Waals surface area contributed by atoms with Gasteiger partial charge in [-0.15, -0.1) is 0 Å². The summed E-state index contributed by atoms with van der Waals surface area (Å²) in [7, 11) is 2.11. The standard InChI is InChI=1S/C22H26N2O3S/c1-24(13-5-8-17-6-3-2-4-7-17)14-15-27-19-11-9-18(10-12-19)16-20-21(25)23-22(26)28-20/h2-4,6-7,9-12,20H,5,8,13-16H2,1H3,(H,23,25,26). The van der Waals surface area contributed by atoms with Gasteiger partial charge >= 0.3 is 0 Å². The lowest BCUT2D eigenvalue weighted by Crippen LogP contribution is -2.25. The Morgan fingerprint density at radius 2 is 1.75 bits per heavy atom. The van der Waals surface area contributed by atoms with Gasteiger partial charge in [-0.25, -0.2) is 0 Å². The second-order valence-corrected chi connectivity index (χ2v) is 8.15. The highest BCUT2D eigenvalue weighted by molar-refractivity contribution is 8.15. The van der Waals surface area contributed by atoms with Gasteiger partial charge in [0.25, 0.3) is 5.24 Å². The summed E-state index contributed by atoms with van der Waals surface area (Å²) >= 11 is 1.06. The van der Waals surface area contributed by atoms with Crippen LogP contribution in [0, 0.1) is 0 Å². The van der Waals surface area contributed by atoms with Gasteiger partial charge < -0.3 is 9.64 Å². The molecule has 1 heterocycles. The molecule has 0 saturated carbocycles. The van der Waals surface area contributed by atoms with E-state index in [4.69, 9.17) is 4.74 Å². The van der Waals surface area contributed by atoms with Crippen molar-refractivity contribution < 1.29 is 14.3 Å². The number of likely N-dealkylation sites (N-methyl/N-ethyl adjacent to an activating group) is 1. The maximum atomic E-state index is 11.6. The Morgan fingerprint density at radius 1 is 1.00 bits per heavy atom. The Kier molecular flexibility index (Phi) is 7.51. The predicted molar refractivity (Wildman–Crippen MR) is 113 cm³/mol. The van der Waals surface area contributed by atoms with Crippen LogP contribution in [0.1, 0.15) is 17.5 Å². The average Bonchev–Trinajstić information content (AvgIpc) is 3.01. The molecule has 0 aromatic heterocycles. The number of hydrogen-bond acceptors (Lipinski definition) is 5. The van der Waals surface area contributed by atoms with Crippen molar-refractivity contribution in [1.29, 1.82) is 0 Å². The van der Waals surface area contributed by atoms with Crippen LogP contribution in [0.15, 0.2) is 54.6 Å². The molecule has 5 nitrogen and oxygen atoms in total. The van der Waals surface area contributed by atoms with E-state index in [2.05, 4.69) is 41.5 Å². The molecule has 3 rings (SSSR count). The van der Waals surface area contributed by atoms with E-state index in [1.807, 2.05) is 30.3 Å². The molecule has 2 aromatic carbocycles. The topological polar surface area (TPSA) is 58.6 Å². The zero-order chi connectivity index (χ0) is 19.8. The van der Waals surface area contributed by atoms with E-state index in [0.29, 0.717) is 13.0 Å². The number of nitrogens with zero attached hydrogens (tertiary/aromatic N) is 1. The zero-order valence-electron chi connectivity index (χ0n) is 16.1. The normalized spacial score (nSPS) is 16.4. The van der Waals surface area contributed by atoms with E-state index >= 15 is 0 Å². The quantitative estimate of drug-likeness (QED) is 0.664. The summed E-state index contributed by atoms with van der Waals surface area (Å²) in [4.78, 5) is 25.1. The van der Waals surface area contributed by atoms with Gasteiger partial charge in [0.15, 0.2) is 0 Å². The smallest absolute Gasteiger partial charge is 0.286 e. The number of thioether (sulfide) groups is 1. The minimum absolute atomic E-state index is 0.203. The molecule has 1 aliphatic heterocycles. The van der Waals surface area contributed by atoms with Crippen molar-refractivity contribution in [1.82, 2.24) is 10.2 Å². The number of amides is 2. The summed E-state index contributed by atoms with van der Waals surface area (Å²) in [6, 6.07) is 18.3. The molecule has 0 spiro atoms. The van der Waals surface area contributed by atoms with Gasteiger partial charge in [0.1, 0.15) is 12.4 Å². The highest BCUT2D eigenvalue weighted by Gasteiger charge is 2.31. The lowest BCUT2D eigenvalue weighted by atomic mass is 10.1. The van der Waals surface area contributed by atoms with Crippen molar-refractivity contribution in [2.45, 2.75) is 24.5 Å². The fourth-order valence-electron chi connectivity index (χ4n) is 3.09. The molecule has 1 fully saturated rings. The minimum Gasteiger partial charge on any atom is -0.492 e. The van der Waals surface area contributed by atoms with Gasteiger partial charge in [-0.1, -0.05) is 54.2 Å². The number of aryl methyl sites for hydroxylation is 1. The summed E-state index contributed by atoms with van der Waals surface area (Å²) in [6.07, 6.45) is 2.77. The van der Waals surface area contributed by atoms with Crippen LogP contribution in [0.25, 0.3) is 0 Å². The van der Waals surface area contributed by atoms with Crippen molar-refractivity contribution in [2.24, 2.45) is 0 Å². The summed E-state index contributed by atoms with van der Waals surface area (Å²) < 4.78 is 5.82. The maximum absolute atomic E-state index is 11.6. The molecular formula is C22H26N2O3S. The number of ether oxygens (including phenoxy) is 1. The Hall–Kier alpha value is -2.31. The van der Waals surface area contributed by atoms with Crippen LogP contribution in [-0.2, 0) is 17.6 Å². The van der Waals surface area contributed by atoms with Gasteiger partial charge in [0.2, 0.25) is 5.91 Å². The largest absolute Gasteiger partial charge is 0.492 e. The fourth-order valence-corrected chi connectivity index (χ4v) is 3.95. The molecule has 1 atom stereocenters. The molecule has 2 aromatic rings. The van der Waals surface area contributed by atoms with Gasteiger partial charge in [-0.05, 0) is 56.1 Å². The SMILES string of the molecule is CN(CCCc1ccccc1)CCOc1ccc(CC2SC(=O)NC2=O)cc1. The number of nitrogens with one attached hydrogen (secondary N) is 1. The van der Waals surface area contributed by atoms with Crippen molar-refractivity contribution >= 4 is 22.9 Å². The van der Waals surface area contributed by atoms with E-state index in [-0.39, 0.29) is 16.4 Å². The summed E-state index contributed by atoms with van der Waals surface area (Å²) in [5, 5.41) is 1.73. The van der Waals surface area contributed by atoms with Gasteiger partial charge in [0, 0.05) is 6.54 Å². The molecule has 0 bridgehead atoms. The second kappa shape index (κ2) is 10.3. The molecule has 1 N–H and O–H groups in total. The molecule has 28 heavy (non-hydrogen) atoms. The summed E-state index contributed by atoms with van der Waals surface area (Å²) in [5.74, 6) is 0.617. The third kappa shape index (κ3) is 6.39.